The van der Waals surface area contributed by atoms with Gasteiger partial charge in [0, 0.05) is 31.9 Å². The van der Waals surface area contributed by atoms with Crippen molar-refractivity contribution < 1.29 is 8.42 Å². The number of aryl methyl sites for hydroxylation is 2. The Hall–Kier alpha value is -2.53. The number of aromatic nitrogens is 3. The van der Waals surface area contributed by atoms with Crippen LogP contribution in [0.15, 0.2) is 24.3 Å². The maximum Gasteiger partial charge on any atom is 0.231 e. The van der Waals surface area contributed by atoms with E-state index in [1.54, 1.807) is 12.1 Å². The Bertz CT molecular complexity index is 936. The zero-order chi connectivity index (χ0) is 20.3. The first-order chi connectivity index (χ1) is 13.2. The molecule has 2 N–H and O–H groups in total. The van der Waals surface area contributed by atoms with Crippen LogP contribution in [0.3, 0.4) is 0 Å². The van der Waals surface area contributed by atoms with Gasteiger partial charge in [0.1, 0.15) is 5.82 Å². The van der Waals surface area contributed by atoms with E-state index in [1.807, 2.05) is 26.0 Å². The number of hydrogen-bond donors (Lipinski definition) is 2. The second-order valence-corrected chi connectivity index (χ2v) is 8.86. The van der Waals surface area contributed by atoms with Crippen LogP contribution in [0.5, 0.6) is 0 Å². The molecule has 0 amide bonds. The van der Waals surface area contributed by atoms with E-state index < -0.39 is 10.0 Å². The zero-order valence-corrected chi connectivity index (χ0v) is 17.6. The van der Waals surface area contributed by atoms with Crippen LogP contribution in [0.4, 0.5) is 17.5 Å². The molecule has 11 heteroatoms. The summed E-state index contributed by atoms with van der Waals surface area (Å²) in [5, 5.41) is 11.9. The number of sulfonamides is 1. The van der Waals surface area contributed by atoms with Gasteiger partial charge < -0.3 is 15.1 Å². The number of rotatable bonds is 4. The van der Waals surface area contributed by atoms with Crippen molar-refractivity contribution in [3.63, 3.8) is 0 Å². The van der Waals surface area contributed by atoms with Crippen molar-refractivity contribution in [1.29, 1.82) is 0 Å². The van der Waals surface area contributed by atoms with Gasteiger partial charge in [-0.2, -0.15) is 0 Å². The summed E-state index contributed by atoms with van der Waals surface area (Å²) >= 11 is 5.53. The number of hydrogen-bond acceptors (Lipinski definition) is 7. The SMILES string of the molecule is Cc1cc(C)nc(NC(=S)N2CCN(c3ccc(NS(C)(=O)=O)nn3)CC2)c1. The second-order valence-electron chi connectivity index (χ2n) is 6.73. The van der Waals surface area contributed by atoms with E-state index >= 15 is 0 Å². The highest BCUT2D eigenvalue weighted by Gasteiger charge is 2.20. The summed E-state index contributed by atoms with van der Waals surface area (Å²) in [6.45, 7) is 6.92. The topological polar surface area (TPSA) is 103 Å². The second kappa shape index (κ2) is 8.23. The fraction of sp³-hybridized carbons (Fsp3) is 0.412. The minimum atomic E-state index is -3.36. The Labute approximate surface area is 170 Å². The maximum absolute atomic E-state index is 11.2. The molecule has 2 aromatic heterocycles. The molecule has 0 aromatic carbocycles. The van der Waals surface area contributed by atoms with E-state index in [-0.39, 0.29) is 5.82 Å². The van der Waals surface area contributed by atoms with Crippen LogP contribution in [-0.2, 0) is 10.0 Å². The lowest BCUT2D eigenvalue weighted by Gasteiger charge is -2.36. The Morgan fingerprint density at radius 2 is 1.79 bits per heavy atom. The Morgan fingerprint density at radius 1 is 1.07 bits per heavy atom. The van der Waals surface area contributed by atoms with Gasteiger partial charge in [-0.05, 0) is 55.9 Å². The number of thiocarbonyl (C=S) groups is 1. The van der Waals surface area contributed by atoms with E-state index in [4.69, 9.17) is 12.2 Å². The molecule has 28 heavy (non-hydrogen) atoms. The highest BCUT2D eigenvalue weighted by molar-refractivity contribution is 7.92. The lowest BCUT2D eigenvalue weighted by Crippen LogP contribution is -2.50. The van der Waals surface area contributed by atoms with Crippen LogP contribution in [0, 0.1) is 13.8 Å². The highest BCUT2D eigenvalue weighted by Crippen LogP contribution is 2.16. The summed E-state index contributed by atoms with van der Waals surface area (Å²) in [5.74, 6) is 1.66. The molecule has 0 radical (unpaired) electrons. The number of anilines is 3. The average molecular weight is 422 g/mol. The first-order valence-electron chi connectivity index (χ1n) is 8.77. The van der Waals surface area contributed by atoms with Gasteiger partial charge in [-0.15, -0.1) is 10.2 Å². The molecule has 0 unspecified atom stereocenters. The molecular weight excluding hydrogens is 398 g/mol. The number of pyridine rings is 1. The lowest BCUT2D eigenvalue weighted by atomic mass is 10.2. The normalized spacial score (nSPS) is 14.7. The summed E-state index contributed by atoms with van der Waals surface area (Å²) in [6.07, 6.45) is 1.08. The molecule has 0 aliphatic carbocycles. The monoisotopic (exact) mass is 421 g/mol. The molecule has 9 nitrogen and oxygen atoms in total. The molecule has 0 saturated carbocycles. The van der Waals surface area contributed by atoms with Crippen LogP contribution in [0.1, 0.15) is 11.3 Å². The number of piperazine rings is 1. The molecule has 2 aromatic rings. The van der Waals surface area contributed by atoms with E-state index in [0.717, 1.165) is 49.5 Å². The van der Waals surface area contributed by atoms with E-state index in [2.05, 4.69) is 35.0 Å². The molecule has 1 fully saturated rings. The molecule has 0 spiro atoms. The quantitative estimate of drug-likeness (QED) is 0.709. The molecule has 0 bridgehead atoms. The van der Waals surface area contributed by atoms with Gasteiger partial charge in [0.05, 0.1) is 6.26 Å². The molecule has 1 aliphatic heterocycles. The van der Waals surface area contributed by atoms with Gasteiger partial charge >= 0.3 is 0 Å². The average Bonchev–Trinajstić information content (AvgIpc) is 2.60. The van der Waals surface area contributed by atoms with Crippen molar-refractivity contribution in [2.45, 2.75) is 13.8 Å². The third kappa shape index (κ3) is 5.49. The smallest absolute Gasteiger partial charge is 0.231 e. The van der Waals surface area contributed by atoms with E-state index in [9.17, 15) is 8.42 Å². The highest BCUT2D eigenvalue weighted by atomic mass is 32.2. The minimum absolute atomic E-state index is 0.205. The Morgan fingerprint density at radius 3 is 2.36 bits per heavy atom. The van der Waals surface area contributed by atoms with Gasteiger partial charge in [-0.1, -0.05) is 0 Å². The van der Waals surface area contributed by atoms with Crippen molar-refractivity contribution in [3.8, 4) is 0 Å². The molecular formula is C17H23N7O2S2. The van der Waals surface area contributed by atoms with Crippen molar-refractivity contribution >= 4 is 44.8 Å². The summed E-state index contributed by atoms with van der Waals surface area (Å²) in [6, 6.07) is 7.35. The van der Waals surface area contributed by atoms with Crippen molar-refractivity contribution in [2.75, 3.05) is 47.4 Å². The van der Waals surface area contributed by atoms with Crippen molar-refractivity contribution in [2.24, 2.45) is 0 Å². The predicted molar refractivity (Wildman–Crippen MR) is 114 cm³/mol. The molecule has 3 heterocycles. The molecule has 1 saturated heterocycles. The zero-order valence-electron chi connectivity index (χ0n) is 16.0. The largest absolute Gasteiger partial charge is 0.352 e. The van der Waals surface area contributed by atoms with Gasteiger partial charge in [-0.25, -0.2) is 13.4 Å². The first kappa shape index (κ1) is 20.2. The van der Waals surface area contributed by atoms with Crippen LogP contribution in [0.2, 0.25) is 0 Å². The van der Waals surface area contributed by atoms with Gasteiger partial charge in [-0.3, -0.25) is 4.72 Å². The van der Waals surface area contributed by atoms with Crippen LogP contribution in [0.25, 0.3) is 0 Å². The first-order valence-corrected chi connectivity index (χ1v) is 11.1. The third-order valence-electron chi connectivity index (χ3n) is 4.16. The van der Waals surface area contributed by atoms with Crippen molar-refractivity contribution in [3.05, 3.63) is 35.5 Å². The van der Waals surface area contributed by atoms with Crippen molar-refractivity contribution in [1.82, 2.24) is 20.1 Å². The maximum atomic E-state index is 11.2. The van der Waals surface area contributed by atoms with Gasteiger partial charge in [0.25, 0.3) is 0 Å². The van der Waals surface area contributed by atoms with E-state index in [1.165, 1.54) is 0 Å². The summed E-state index contributed by atoms with van der Waals surface area (Å²) in [7, 11) is -3.36. The van der Waals surface area contributed by atoms with Crippen LogP contribution in [-0.4, -0.2) is 66.0 Å². The Kier molecular flexibility index (Phi) is 5.94. The molecule has 0 atom stereocenters. The summed E-state index contributed by atoms with van der Waals surface area (Å²) in [4.78, 5) is 8.65. The molecule has 1 aliphatic rings. The molecule has 150 valence electrons. The fourth-order valence-corrected chi connectivity index (χ4v) is 3.75. The predicted octanol–water partition coefficient (Wildman–Crippen LogP) is 1.38. The number of nitrogens with one attached hydrogen (secondary N) is 2. The summed E-state index contributed by atoms with van der Waals surface area (Å²) in [5.41, 5.74) is 2.08. The van der Waals surface area contributed by atoms with E-state index in [0.29, 0.717) is 10.9 Å². The summed E-state index contributed by atoms with van der Waals surface area (Å²) < 4.78 is 24.8. The van der Waals surface area contributed by atoms with Crippen LogP contribution < -0.4 is 14.9 Å². The third-order valence-corrected chi connectivity index (χ3v) is 5.10. The van der Waals surface area contributed by atoms with Crippen LogP contribution >= 0.6 is 12.2 Å². The van der Waals surface area contributed by atoms with Gasteiger partial charge in [0.2, 0.25) is 10.0 Å². The standard InChI is InChI=1S/C17H23N7O2S2/c1-12-10-13(2)18-15(11-12)19-17(27)24-8-6-23(7-9-24)16-5-4-14(20-21-16)22-28(3,25)26/h4-5,10-11H,6-9H2,1-3H3,(H,20,22)(H,18,19,27). The fourth-order valence-electron chi connectivity index (χ4n) is 2.97. The number of nitrogens with zero attached hydrogens (tertiary/aromatic N) is 5. The minimum Gasteiger partial charge on any atom is -0.352 e. The van der Waals surface area contributed by atoms with Gasteiger partial charge in [0.15, 0.2) is 16.7 Å². The molecule has 3 rings (SSSR count). The lowest BCUT2D eigenvalue weighted by molar-refractivity contribution is 0.389. The Balaban J connectivity index is 1.55.